The first-order valence-electron chi connectivity index (χ1n) is 8.28. The van der Waals surface area contributed by atoms with Gasteiger partial charge < -0.3 is 4.57 Å². The van der Waals surface area contributed by atoms with Gasteiger partial charge in [0.2, 0.25) is 4.80 Å². The van der Waals surface area contributed by atoms with E-state index in [-0.39, 0.29) is 18.0 Å². The second-order valence-electron chi connectivity index (χ2n) is 6.20. The van der Waals surface area contributed by atoms with Gasteiger partial charge in [0, 0.05) is 11.9 Å². The molecule has 0 aliphatic heterocycles. The number of aryl methyl sites for hydroxylation is 3. The van der Waals surface area contributed by atoms with Crippen LogP contribution < -0.4 is 15.8 Å². The largest absolute Gasteiger partial charge is 0.318 e. The number of carbonyl (C=O) groups is 1. The number of rotatable bonds is 3. The summed E-state index contributed by atoms with van der Waals surface area (Å²) in [6.07, 6.45) is 1.42. The molecule has 138 valence electrons. The van der Waals surface area contributed by atoms with Crippen LogP contribution in [0.1, 0.15) is 10.4 Å². The molecule has 9 heteroatoms. The fourth-order valence-electron chi connectivity index (χ4n) is 2.87. The van der Waals surface area contributed by atoms with E-state index in [4.69, 9.17) is 0 Å². The van der Waals surface area contributed by atoms with Gasteiger partial charge >= 0.3 is 0 Å². The lowest BCUT2D eigenvalue weighted by molar-refractivity contribution is -0.121. The third-order valence-corrected chi connectivity index (χ3v) is 6.69. The highest BCUT2D eigenvalue weighted by Crippen LogP contribution is 2.25. The number of hydrogen-bond acceptors (Lipinski definition) is 6. The topological polar surface area (TPSA) is 81.3 Å². The van der Waals surface area contributed by atoms with Crippen LogP contribution in [0, 0.1) is 13.8 Å². The molecule has 0 atom stereocenters. The van der Waals surface area contributed by atoms with Crippen LogP contribution in [0.25, 0.3) is 20.4 Å². The molecule has 0 aliphatic rings. The lowest BCUT2D eigenvalue weighted by atomic mass is 10.2. The van der Waals surface area contributed by atoms with E-state index in [0.717, 1.165) is 20.7 Å². The minimum Gasteiger partial charge on any atom is -0.318 e. The summed E-state index contributed by atoms with van der Waals surface area (Å²) in [5, 5.41) is 4.78. The Morgan fingerprint density at radius 3 is 2.81 bits per heavy atom. The highest BCUT2D eigenvalue weighted by molar-refractivity contribution is 7.18. The number of hydrogen-bond donors (Lipinski definition) is 1. The quantitative estimate of drug-likeness (QED) is 0.537. The van der Waals surface area contributed by atoms with Gasteiger partial charge in [0.05, 0.1) is 21.9 Å². The Labute approximate surface area is 162 Å². The zero-order valence-electron chi connectivity index (χ0n) is 15.0. The molecule has 0 saturated heterocycles. The number of para-hydroxylation sites is 1. The number of aromatic nitrogens is 3. The summed E-state index contributed by atoms with van der Waals surface area (Å²) in [7, 11) is 1.90. The zero-order valence-corrected chi connectivity index (χ0v) is 16.6. The molecule has 1 amide bonds. The van der Waals surface area contributed by atoms with Crippen LogP contribution in [0.5, 0.6) is 0 Å². The number of amides is 1. The number of nitrogens with one attached hydrogen (secondary N) is 1. The predicted molar refractivity (Wildman–Crippen MR) is 108 cm³/mol. The third kappa shape index (κ3) is 3.08. The maximum Gasteiger partial charge on any atom is 0.262 e. The average Bonchev–Trinajstić information content (AvgIpc) is 3.13. The first-order chi connectivity index (χ1) is 13.0. The van der Waals surface area contributed by atoms with Crippen LogP contribution >= 0.6 is 22.7 Å². The van der Waals surface area contributed by atoms with Gasteiger partial charge in [0.1, 0.15) is 11.4 Å². The van der Waals surface area contributed by atoms with Crippen LogP contribution in [0.2, 0.25) is 0 Å². The SMILES string of the molecule is Cc1sc2ncn(CC(=O)N/N=c3/sc4ccccc4n3C)c(=O)c2c1C. The van der Waals surface area contributed by atoms with Gasteiger partial charge in [-0.15, -0.1) is 16.4 Å². The molecule has 4 aromatic rings. The number of nitrogens with zero attached hydrogens (tertiary/aromatic N) is 4. The maximum atomic E-state index is 12.7. The number of benzene rings is 1. The van der Waals surface area contributed by atoms with Crippen molar-refractivity contribution in [2.24, 2.45) is 12.1 Å². The summed E-state index contributed by atoms with van der Waals surface area (Å²) >= 11 is 2.97. The van der Waals surface area contributed by atoms with E-state index in [1.165, 1.54) is 33.6 Å². The highest BCUT2D eigenvalue weighted by Gasteiger charge is 2.13. The van der Waals surface area contributed by atoms with Crippen LogP contribution in [-0.2, 0) is 18.4 Å². The molecule has 0 fully saturated rings. The Bertz CT molecular complexity index is 1310. The number of carbonyl (C=O) groups excluding carboxylic acids is 1. The van der Waals surface area contributed by atoms with Crippen molar-refractivity contribution in [3.63, 3.8) is 0 Å². The molecule has 0 radical (unpaired) electrons. The minimum atomic E-state index is -0.375. The molecule has 0 spiro atoms. The molecule has 27 heavy (non-hydrogen) atoms. The fraction of sp³-hybridized carbons (Fsp3) is 0.222. The summed E-state index contributed by atoms with van der Waals surface area (Å²) in [6.45, 7) is 3.73. The van der Waals surface area contributed by atoms with E-state index in [2.05, 4.69) is 15.5 Å². The number of thiophene rings is 1. The Morgan fingerprint density at radius 2 is 2.04 bits per heavy atom. The lowest BCUT2D eigenvalue weighted by Gasteiger charge is -2.04. The van der Waals surface area contributed by atoms with Crippen molar-refractivity contribution in [1.82, 2.24) is 19.5 Å². The molecular formula is C18H17N5O2S2. The van der Waals surface area contributed by atoms with Crippen molar-refractivity contribution < 1.29 is 4.79 Å². The van der Waals surface area contributed by atoms with E-state index in [1.807, 2.05) is 49.7 Å². The van der Waals surface area contributed by atoms with Gasteiger partial charge in [-0.25, -0.2) is 10.4 Å². The number of thiazole rings is 1. The normalized spacial score (nSPS) is 12.2. The molecule has 0 bridgehead atoms. The van der Waals surface area contributed by atoms with Gasteiger partial charge in [-0.05, 0) is 31.5 Å². The Hall–Kier alpha value is -2.78. The van der Waals surface area contributed by atoms with Crippen LogP contribution in [0.15, 0.2) is 40.5 Å². The minimum absolute atomic E-state index is 0.131. The van der Waals surface area contributed by atoms with Crippen LogP contribution in [-0.4, -0.2) is 20.0 Å². The van der Waals surface area contributed by atoms with Crippen molar-refractivity contribution in [1.29, 1.82) is 0 Å². The molecule has 1 aromatic carbocycles. The molecular weight excluding hydrogens is 382 g/mol. The molecule has 3 aromatic heterocycles. The summed E-state index contributed by atoms with van der Waals surface area (Å²) in [6, 6.07) is 7.93. The van der Waals surface area contributed by atoms with E-state index in [1.54, 1.807) is 0 Å². The second kappa shape index (κ2) is 6.75. The zero-order chi connectivity index (χ0) is 19.1. The van der Waals surface area contributed by atoms with Crippen LogP contribution in [0.3, 0.4) is 0 Å². The van der Waals surface area contributed by atoms with E-state index in [9.17, 15) is 9.59 Å². The molecule has 4 rings (SSSR count). The Balaban J connectivity index is 1.60. The monoisotopic (exact) mass is 399 g/mol. The number of fused-ring (bicyclic) bond motifs is 2. The van der Waals surface area contributed by atoms with Crippen molar-refractivity contribution in [3.8, 4) is 0 Å². The lowest BCUT2D eigenvalue weighted by Crippen LogP contribution is -2.31. The maximum absolute atomic E-state index is 12.7. The summed E-state index contributed by atoms with van der Waals surface area (Å²) in [5.41, 5.74) is 4.30. The van der Waals surface area contributed by atoms with Crippen molar-refractivity contribution >= 4 is 49.0 Å². The summed E-state index contributed by atoms with van der Waals surface area (Å²) in [5.74, 6) is -0.375. The van der Waals surface area contributed by atoms with Gasteiger partial charge in [-0.1, -0.05) is 23.5 Å². The van der Waals surface area contributed by atoms with Gasteiger partial charge in [0.25, 0.3) is 11.5 Å². The second-order valence-corrected chi connectivity index (χ2v) is 8.41. The Kier molecular flexibility index (Phi) is 4.40. The van der Waals surface area contributed by atoms with Gasteiger partial charge in [0.15, 0.2) is 0 Å². The average molecular weight is 400 g/mol. The van der Waals surface area contributed by atoms with Crippen molar-refractivity contribution in [2.75, 3.05) is 0 Å². The molecule has 7 nitrogen and oxygen atoms in total. The third-order valence-electron chi connectivity index (χ3n) is 4.46. The Morgan fingerprint density at radius 1 is 1.26 bits per heavy atom. The standard InChI is InChI=1S/C18H17N5O2S2/c1-10-11(2)26-16-15(10)17(25)23(9-19-16)8-14(24)20-21-18-22(3)12-6-4-5-7-13(12)27-18/h4-7,9H,8H2,1-3H3,(H,20,24)/b21-18+. The summed E-state index contributed by atoms with van der Waals surface area (Å²) < 4.78 is 4.32. The van der Waals surface area contributed by atoms with Crippen molar-refractivity contribution in [3.05, 3.63) is 56.2 Å². The smallest absolute Gasteiger partial charge is 0.262 e. The summed E-state index contributed by atoms with van der Waals surface area (Å²) in [4.78, 5) is 31.7. The van der Waals surface area contributed by atoms with E-state index >= 15 is 0 Å². The molecule has 3 heterocycles. The fourth-order valence-corrected chi connectivity index (χ4v) is 4.84. The first kappa shape index (κ1) is 17.6. The predicted octanol–water partition coefficient (Wildman–Crippen LogP) is 2.26. The van der Waals surface area contributed by atoms with Crippen molar-refractivity contribution in [2.45, 2.75) is 20.4 Å². The molecule has 0 aliphatic carbocycles. The van der Waals surface area contributed by atoms with Gasteiger partial charge in [-0.3, -0.25) is 14.2 Å². The molecule has 0 saturated carbocycles. The van der Waals surface area contributed by atoms with E-state index in [0.29, 0.717) is 15.0 Å². The molecule has 0 unspecified atom stereocenters. The highest BCUT2D eigenvalue weighted by atomic mass is 32.1. The molecule has 1 N–H and O–H groups in total. The first-order valence-corrected chi connectivity index (χ1v) is 9.91. The van der Waals surface area contributed by atoms with E-state index < -0.39 is 0 Å². The van der Waals surface area contributed by atoms with Crippen LogP contribution in [0.4, 0.5) is 0 Å². The van der Waals surface area contributed by atoms with Gasteiger partial charge in [-0.2, -0.15) is 0 Å².